The number of benzene rings is 1. The van der Waals surface area contributed by atoms with Gasteiger partial charge in [0, 0.05) is 12.2 Å². The zero-order valence-electron chi connectivity index (χ0n) is 14.8. The van der Waals surface area contributed by atoms with E-state index in [0.29, 0.717) is 13.2 Å². The van der Waals surface area contributed by atoms with Crippen molar-refractivity contribution in [1.29, 1.82) is 0 Å². The Bertz CT molecular complexity index is 512. The van der Waals surface area contributed by atoms with E-state index in [1.807, 2.05) is 30.3 Å². The SMILES string of the molecule is CCCCCCO[C@@H]1O[C@@H]2COC(c3ccccc3)O[C@H]2[C@H](O)[C@H]1N. The first kappa shape index (κ1) is 18.8. The summed E-state index contributed by atoms with van der Waals surface area (Å²) in [6.07, 6.45) is 1.57. The maximum absolute atomic E-state index is 10.6. The summed E-state index contributed by atoms with van der Waals surface area (Å²) in [5.41, 5.74) is 7.05. The van der Waals surface area contributed by atoms with Crippen LogP contribution >= 0.6 is 0 Å². The Labute approximate surface area is 149 Å². The zero-order chi connectivity index (χ0) is 17.6. The van der Waals surface area contributed by atoms with Crippen molar-refractivity contribution >= 4 is 0 Å². The molecule has 2 saturated heterocycles. The van der Waals surface area contributed by atoms with E-state index < -0.39 is 30.8 Å². The molecule has 3 rings (SSSR count). The Morgan fingerprint density at radius 2 is 1.96 bits per heavy atom. The summed E-state index contributed by atoms with van der Waals surface area (Å²) in [6, 6.07) is 9.02. The number of aliphatic hydroxyl groups is 1. The van der Waals surface area contributed by atoms with Gasteiger partial charge < -0.3 is 29.8 Å². The van der Waals surface area contributed by atoms with Crippen LogP contribution in [0.15, 0.2) is 30.3 Å². The maximum Gasteiger partial charge on any atom is 0.184 e. The van der Waals surface area contributed by atoms with Crippen molar-refractivity contribution in [2.75, 3.05) is 13.2 Å². The molecule has 0 saturated carbocycles. The molecule has 0 spiro atoms. The molecule has 0 amide bonds. The second-order valence-corrected chi connectivity index (χ2v) is 6.72. The van der Waals surface area contributed by atoms with Crippen LogP contribution in [0.4, 0.5) is 0 Å². The third-order valence-electron chi connectivity index (χ3n) is 4.76. The van der Waals surface area contributed by atoms with Crippen LogP contribution in [-0.4, -0.2) is 49.0 Å². The molecule has 140 valence electrons. The van der Waals surface area contributed by atoms with E-state index in [1.54, 1.807) is 0 Å². The zero-order valence-corrected chi connectivity index (χ0v) is 14.8. The van der Waals surface area contributed by atoms with Crippen molar-refractivity contribution in [3.8, 4) is 0 Å². The highest BCUT2D eigenvalue weighted by molar-refractivity contribution is 5.16. The number of rotatable bonds is 7. The van der Waals surface area contributed by atoms with Crippen molar-refractivity contribution in [3.63, 3.8) is 0 Å². The van der Waals surface area contributed by atoms with Gasteiger partial charge in [0.25, 0.3) is 0 Å². The fourth-order valence-electron chi connectivity index (χ4n) is 3.27. The van der Waals surface area contributed by atoms with Crippen LogP contribution in [0, 0.1) is 0 Å². The summed E-state index contributed by atoms with van der Waals surface area (Å²) in [7, 11) is 0. The molecule has 1 aromatic carbocycles. The van der Waals surface area contributed by atoms with Gasteiger partial charge >= 0.3 is 0 Å². The molecule has 1 aromatic rings. The number of unbranched alkanes of at least 4 members (excludes halogenated alkanes) is 3. The molecule has 2 fully saturated rings. The van der Waals surface area contributed by atoms with Crippen LogP contribution in [0.3, 0.4) is 0 Å². The smallest absolute Gasteiger partial charge is 0.184 e. The lowest BCUT2D eigenvalue weighted by molar-refractivity contribution is -0.342. The second-order valence-electron chi connectivity index (χ2n) is 6.72. The van der Waals surface area contributed by atoms with Gasteiger partial charge in [-0.1, -0.05) is 56.5 Å². The highest BCUT2D eigenvalue weighted by atomic mass is 16.7. The highest BCUT2D eigenvalue weighted by Crippen LogP contribution is 2.33. The number of hydrogen-bond acceptors (Lipinski definition) is 6. The Hall–Kier alpha value is -1.02. The van der Waals surface area contributed by atoms with Gasteiger partial charge in [0.1, 0.15) is 18.3 Å². The largest absolute Gasteiger partial charge is 0.388 e. The van der Waals surface area contributed by atoms with Gasteiger partial charge in [-0.3, -0.25) is 0 Å². The van der Waals surface area contributed by atoms with Crippen LogP contribution in [-0.2, 0) is 18.9 Å². The molecule has 0 aromatic heterocycles. The minimum atomic E-state index is -0.852. The van der Waals surface area contributed by atoms with Crippen molar-refractivity contribution in [2.24, 2.45) is 5.73 Å². The maximum atomic E-state index is 10.6. The molecule has 6 nitrogen and oxygen atoms in total. The minimum Gasteiger partial charge on any atom is -0.388 e. The predicted molar refractivity (Wildman–Crippen MR) is 92.7 cm³/mol. The molecule has 2 aliphatic rings. The normalized spacial score (nSPS) is 35.3. The van der Waals surface area contributed by atoms with Crippen molar-refractivity contribution in [3.05, 3.63) is 35.9 Å². The van der Waals surface area contributed by atoms with Gasteiger partial charge in [0.05, 0.1) is 12.6 Å². The lowest BCUT2D eigenvalue weighted by Crippen LogP contribution is -2.65. The van der Waals surface area contributed by atoms with E-state index in [-0.39, 0.29) is 6.10 Å². The molecule has 1 unspecified atom stereocenters. The van der Waals surface area contributed by atoms with Crippen LogP contribution in [0.1, 0.15) is 44.5 Å². The molecule has 0 aliphatic carbocycles. The summed E-state index contributed by atoms with van der Waals surface area (Å²) in [6.45, 7) is 3.09. The standard InChI is InChI=1S/C19H29NO5/c1-2-3-4-8-11-22-19-15(20)16(21)17-14(24-19)12-23-18(25-17)13-9-6-5-7-10-13/h5-7,9-10,14-19,21H,2-4,8,11-12,20H2,1H3/t14-,15-,16-,17-,18?,19-/m1/s1. The molecule has 6 atom stereocenters. The van der Waals surface area contributed by atoms with Gasteiger partial charge in [-0.2, -0.15) is 0 Å². The molecular weight excluding hydrogens is 322 g/mol. The molecule has 2 aliphatic heterocycles. The predicted octanol–water partition coefficient (Wildman–Crippen LogP) is 2.11. The quantitative estimate of drug-likeness (QED) is 0.732. The monoisotopic (exact) mass is 351 g/mol. The fraction of sp³-hybridized carbons (Fsp3) is 0.684. The average molecular weight is 351 g/mol. The van der Waals surface area contributed by atoms with Gasteiger partial charge in [0.15, 0.2) is 12.6 Å². The Morgan fingerprint density at radius 3 is 2.72 bits per heavy atom. The van der Waals surface area contributed by atoms with Gasteiger partial charge in [-0.25, -0.2) is 0 Å². The van der Waals surface area contributed by atoms with Gasteiger partial charge in [-0.05, 0) is 6.42 Å². The molecule has 3 N–H and O–H groups in total. The molecule has 0 radical (unpaired) electrons. The number of hydrogen-bond donors (Lipinski definition) is 2. The lowest BCUT2D eigenvalue weighted by Gasteiger charge is -2.46. The van der Waals surface area contributed by atoms with Crippen LogP contribution in [0.25, 0.3) is 0 Å². The molecular formula is C19H29NO5. The third kappa shape index (κ3) is 4.58. The first-order valence-corrected chi connectivity index (χ1v) is 9.23. The Morgan fingerprint density at radius 1 is 1.16 bits per heavy atom. The van der Waals surface area contributed by atoms with Crippen molar-refractivity contribution in [2.45, 2.75) is 69.5 Å². The fourth-order valence-corrected chi connectivity index (χ4v) is 3.27. The summed E-state index contributed by atoms with van der Waals surface area (Å²) in [5, 5.41) is 10.6. The van der Waals surface area contributed by atoms with E-state index in [1.165, 1.54) is 12.8 Å². The highest BCUT2D eigenvalue weighted by Gasteiger charge is 2.48. The molecule has 25 heavy (non-hydrogen) atoms. The number of nitrogens with two attached hydrogens (primary N) is 1. The van der Waals surface area contributed by atoms with Crippen LogP contribution in [0.2, 0.25) is 0 Å². The summed E-state index contributed by atoms with van der Waals surface area (Å²) < 4.78 is 23.4. The van der Waals surface area contributed by atoms with Gasteiger partial charge in [0.2, 0.25) is 0 Å². The minimum absolute atomic E-state index is 0.337. The summed E-state index contributed by atoms with van der Waals surface area (Å²) in [5.74, 6) is 0. The topological polar surface area (TPSA) is 83.2 Å². The van der Waals surface area contributed by atoms with E-state index in [4.69, 9.17) is 24.7 Å². The second kappa shape index (κ2) is 9.07. The Kier molecular flexibility index (Phi) is 6.81. The number of fused-ring (bicyclic) bond motifs is 1. The van der Waals surface area contributed by atoms with E-state index in [0.717, 1.165) is 18.4 Å². The molecule has 2 heterocycles. The number of aliphatic hydroxyl groups excluding tert-OH is 1. The van der Waals surface area contributed by atoms with Crippen LogP contribution in [0.5, 0.6) is 0 Å². The summed E-state index contributed by atoms with van der Waals surface area (Å²) >= 11 is 0. The van der Waals surface area contributed by atoms with E-state index in [9.17, 15) is 5.11 Å². The molecule has 0 bridgehead atoms. The van der Waals surface area contributed by atoms with E-state index in [2.05, 4.69) is 6.92 Å². The summed E-state index contributed by atoms with van der Waals surface area (Å²) in [4.78, 5) is 0. The van der Waals surface area contributed by atoms with E-state index >= 15 is 0 Å². The van der Waals surface area contributed by atoms with Gasteiger partial charge in [-0.15, -0.1) is 0 Å². The lowest BCUT2D eigenvalue weighted by atomic mass is 9.96. The first-order valence-electron chi connectivity index (χ1n) is 9.23. The third-order valence-corrected chi connectivity index (χ3v) is 4.76. The molecule has 6 heteroatoms. The van der Waals surface area contributed by atoms with Crippen LogP contribution < -0.4 is 5.73 Å². The van der Waals surface area contributed by atoms with Crippen molar-refractivity contribution in [1.82, 2.24) is 0 Å². The number of ether oxygens (including phenoxy) is 4. The van der Waals surface area contributed by atoms with Crippen molar-refractivity contribution < 1.29 is 24.1 Å². The average Bonchev–Trinajstić information content (AvgIpc) is 2.66. The first-order chi connectivity index (χ1) is 12.2. The Balaban J connectivity index is 1.54.